The first kappa shape index (κ1) is 15.9. The van der Waals surface area contributed by atoms with Gasteiger partial charge in [-0.3, -0.25) is 4.79 Å². The van der Waals surface area contributed by atoms with E-state index >= 15 is 0 Å². The summed E-state index contributed by atoms with van der Waals surface area (Å²) in [5.74, 6) is -0.644. The summed E-state index contributed by atoms with van der Waals surface area (Å²) >= 11 is 5.84. The Hall–Kier alpha value is -1.13. The summed E-state index contributed by atoms with van der Waals surface area (Å²) in [7, 11) is 0. The zero-order valence-electron chi connectivity index (χ0n) is 11.3. The van der Waals surface area contributed by atoms with E-state index in [1.165, 1.54) is 6.07 Å². The molecule has 1 unspecified atom stereocenters. The van der Waals surface area contributed by atoms with Crippen LogP contribution in [0.1, 0.15) is 36.2 Å². The minimum Gasteiger partial charge on any atom is -0.393 e. The van der Waals surface area contributed by atoms with Crippen molar-refractivity contribution in [3.05, 3.63) is 34.1 Å². The molecule has 0 aromatic heterocycles. The summed E-state index contributed by atoms with van der Waals surface area (Å²) in [6.07, 6.45) is 0.0204. The van der Waals surface area contributed by atoms with E-state index in [0.717, 1.165) is 6.07 Å². The average molecular weight is 288 g/mol. The lowest BCUT2D eigenvalue weighted by molar-refractivity contribution is 0.0920. The van der Waals surface area contributed by atoms with Crippen molar-refractivity contribution < 1.29 is 14.3 Å². The van der Waals surface area contributed by atoms with Crippen LogP contribution in [0.5, 0.6) is 0 Å². The zero-order chi connectivity index (χ0) is 14.6. The summed E-state index contributed by atoms with van der Waals surface area (Å²) in [6, 6.07) is 2.56. The van der Waals surface area contributed by atoms with Crippen molar-refractivity contribution in [2.45, 2.75) is 33.3 Å². The maximum atomic E-state index is 13.2. The van der Waals surface area contributed by atoms with Gasteiger partial charge in [-0.05, 0) is 37.0 Å². The zero-order valence-corrected chi connectivity index (χ0v) is 12.1. The Morgan fingerprint density at radius 3 is 2.68 bits per heavy atom. The molecule has 1 amide bonds. The molecule has 1 aromatic carbocycles. The van der Waals surface area contributed by atoms with Crippen molar-refractivity contribution >= 4 is 17.5 Å². The number of hydrogen-bond donors (Lipinski definition) is 2. The molecule has 0 aliphatic rings. The SMILES string of the molecule is Cc1cc(C(=O)NCCC(O)C(C)C)c(Cl)cc1F. The van der Waals surface area contributed by atoms with Gasteiger partial charge in [0.05, 0.1) is 16.7 Å². The quantitative estimate of drug-likeness (QED) is 0.875. The number of aliphatic hydroxyl groups excluding tert-OH is 1. The number of carbonyl (C=O) groups excluding carboxylic acids is 1. The minimum absolute atomic E-state index is 0.0880. The van der Waals surface area contributed by atoms with E-state index in [0.29, 0.717) is 18.5 Å². The molecule has 0 radical (unpaired) electrons. The number of nitrogens with one attached hydrogen (secondary N) is 1. The van der Waals surface area contributed by atoms with Gasteiger partial charge in [0.1, 0.15) is 5.82 Å². The molecule has 0 bridgehead atoms. The Labute approximate surface area is 117 Å². The standard InChI is InChI=1S/C14H19ClFNO2/c1-8(2)13(18)4-5-17-14(19)10-6-9(3)12(16)7-11(10)15/h6-8,13,18H,4-5H2,1-3H3,(H,17,19). The van der Waals surface area contributed by atoms with Crippen LogP contribution in [0.3, 0.4) is 0 Å². The third-order valence-electron chi connectivity index (χ3n) is 2.99. The maximum absolute atomic E-state index is 13.2. The molecule has 1 atom stereocenters. The van der Waals surface area contributed by atoms with Gasteiger partial charge in [0.25, 0.3) is 5.91 Å². The van der Waals surface area contributed by atoms with Gasteiger partial charge in [0.15, 0.2) is 0 Å². The van der Waals surface area contributed by atoms with Crippen molar-refractivity contribution in [1.29, 1.82) is 0 Å². The second kappa shape index (κ2) is 6.87. The molecule has 2 N–H and O–H groups in total. The molecule has 5 heteroatoms. The Balaban J connectivity index is 2.62. The Kier molecular flexibility index (Phi) is 5.76. The highest BCUT2D eigenvalue weighted by atomic mass is 35.5. The molecule has 0 saturated carbocycles. The Bertz CT molecular complexity index is 463. The fourth-order valence-electron chi connectivity index (χ4n) is 1.59. The molecule has 106 valence electrons. The van der Waals surface area contributed by atoms with Crippen molar-refractivity contribution in [2.24, 2.45) is 5.92 Å². The molecule has 0 aliphatic carbocycles. The molecule has 0 saturated heterocycles. The van der Waals surface area contributed by atoms with E-state index in [1.807, 2.05) is 13.8 Å². The number of amides is 1. The van der Waals surface area contributed by atoms with E-state index < -0.39 is 11.9 Å². The Morgan fingerprint density at radius 1 is 1.47 bits per heavy atom. The van der Waals surface area contributed by atoms with Gasteiger partial charge in [-0.2, -0.15) is 0 Å². The van der Waals surface area contributed by atoms with Crippen LogP contribution < -0.4 is 5.32 Å². The van der Waals surface area contributed by atoms with Crippen molar-refractivity contribution in [2.75, 3.05) is 6.54 Å². The van der Waals surface area contributed by atoms with Gasteiger partial charge in [0.2, 0.25) is 0 Å². The van der Waals surface area contributed by atoms with Crippen LogP contribution in [-0.4, -0.2) is 23.7 Å². The van der Waals surface area contributed by atoms with Gasteiger partial charge in [-0.25, -0.2) is 4.39 Å². The van der Waals surface area contributed by atoms with Gasteiger partial charge in [-0.15, -0.1) is 0 Å². The molecule has 1 rings (SSSR count). The average Bonchev–Trinajstić information content (AvgIpc) is 2.33. The lowest BCUT2D eigenvalue weighted by Crippen LogP contribution is -2.29. The summed E-state index contributed by atoms with van der Waals surface area (Å²) < 4.78 is 13.2. The molecule has 3 nitrogen and oxygen atoms in total. The first-order valence-electron chi connectivity index (χ1n) is 6.24. The van der Waals surface area contributed by atoms with E-state index in [1.54, 1.807) is 6.92 Å². The number of hydrogen-bond acceptors (Lipinski definition) is 2. The van der Waals surface area contributed by atoms with Crippen LogP contribution >= 0.6 is 11.6 Å². The molecular weight excluding hydrogens is 269 g/mol. The Morgan fingerprint density at radius 2 is 2.11 bits per heavy atom. The van der Waals surface area contributed by atoms with Crippen LogP contribution in [0.2, 0.25) is 5.02 Å². The van der Waals surface area contributed by atoms with Gasteiger partial charge in [0, 0.05) is 6.54 Å². The predicted molar refractivity (Wildman–Crippen MR) is 73.9 cm³/mol. The molecule has 0 aliphatic heterocycles. The number of carbonyl (C=O) groups is 1. The summed E-state index contributed by atoms with van der Waals surface area (Å²) in [4.78, 5) is 11.9. The molecule has 0 heterocycles. The lowest BCUT2D eigenvalue weighted by Gasteiger charge is -2.14. The number of halogens is 2. The highest BCUT2D eigenvalue weighted by Crippen LogP contribution is 2.20. The van der Waals surface area contributed by atoms with Gasteiger partial charge in [-0.1, -0.05) is 25.4 Å². The van der Waals surface area contributed by atoms with Crippen molar-refractivity contribution in [3.8, 4) is 0 Å². The number of aliphatic hydroxyl groups is 1. The van der Waals surface area contributed by atoms with Gasteiger partial charge >= 0.3 is 0 Å². The maximum Gasteiger partial charge on any atom is 0.252 e. The second-order valence-electron chi connectivity index (χ2n) is 4.94. The molecule has 1 aromatic rings. The summed E-state index contributed by atoms with van der Waals surface area (Å²) in [5, 5.41) is 12.4. The number of rotatable bonds is 5. The topological polar surface area (TPSA) is 49.3 Å². The third-order valence-corrected chi connectivity index (χ3v) is 3.30. The minimum atomic E-state index is -0.453. The monoisotopic (exact) mass is 287 g/mol. The number of benzene rings is 1. The normalized spacial score (nSPS) is 12.6. The fraction of sp³-hybridized carbons (Fsp3) is 0.500. The van der Waals surface area contributed by atoms with Crippen molar-refractivity contribution in [3.63, 3.8) is 0 Å². The highest BCUT2D eigenvalue weighted by Gasteiger charge is 2.14. The molecule has 0 spiro atoms. The first-order valence-corrected chi connectivity index (χ1v) is 6.62. The number of aryl methyl sites for hydroxylation is 1. The molecule has 0 fully saturated rings. The van der Waals surface area contributed by atoms with E-state index in [-0.39, 0.29) is 22.4 Å². The fourth-order valence-corrected chi connectivity index (χ4v) is 1.83. The first-order chi connectivity index (χ1) is 8.82. The van der Waals surface area contributed by atoms with Crippen LogP contribution in [0.4, 0.5) is 4.39 Å². The van der Waals surface area contributed by atoms with Crippen molar-refractivity contribution in [1.82, 2.24) is 5.32 Å². The van der Waals surface area contributed by atoms with E-state index in [4.69, 9.17) is 11.6 Å². The lowest BCUT2D eigenvalue weighted by atomic mass is 10.0. The molecule has 19 heavy (non-hydrogen) atoms. The second-order valence-corrected chi connectivity index (χ2v) is 5.34. The summed E-state index contributed by atoms with van der Waals surface area (Å²) in [6.45, 7) is 5.75. The smallest absolute Gasteiger partial charge is 0.252 e. The highest BCUT2D eigenvalue weighted by molar-refractivity contribution is 6.33. The third kappa shape index (κ3) is 4.48. The molecular formula is C14H19ClFNO2. The predicted octanol–water partition coefficient (Wildman–Crippen LogP) is 2.92. The van der Waals surface area contributed by atoms with Crippen LogP contribution in [-0.2, 0) is 0 Å². The van der Waals surface area contributed by atoms with Crippen LogP contribution in [0, 0.1) is 18.7 Å². The largest absolute Gasteiger partial charge is 0.393 e. The van der Waals surface area contributed by atoms with Crippen LogP contribution in [0.25, 0.3) is 0 Å². The van der Waals surface area contributed by atoms with Crippen LogP contribution in [0.15, 0.2) is 12.1 Å². The van der Waals surface area contributed by atoms with Gasteiger partial charge < -0.3 is 10.4 Å². The van der Waals surface area contributed by atoms with E-state index in [2.05, 4.69) is 5.32 Å². The van der Waals surface area contributed by atoms with E-state index in [9.17, 15) is 14.3 Å². The summed E-state index contributed by atoms with van der Waals surface area (Å²) in [5.41, 5.74) is 0.622.